The van der Waals surface area contributed by atoms with Gasteiger partial charge in [0.2, 0.25) is 0 Å². The van der Waals surface area contributed by atoms with Crippen molar-refractivity contribution in [3.8, 4) is 18.6 Å². The van der Waals surface area contributed by atoms with Crippen molar-refractivity contribution in [1.29, 1.82) is 0 Å². The summed E-state index contributed by atoms with van der Waals surface area (Å²) in [6, 6.07) is 4.72. The van der Waals surface area contributed by atoms with E-state index in [0.717, 1.165) is 12.0 Å². The highest BCUT2D eigenvalue weighted by atomic mass is 19.1. The average Bonchev–Trinajstić information content (AvgIpc) is 2.16. The van der Waals surface area contributed by atoms with Gasteiger partial charge in [-0.1, -0.05) is 6.92 Å². The highest BCUT2D eigenvalue weighted by Crippen LogP contribution is 2.15. The number of rotatable bonds is 3. The molecule has 0 spiro atoms. The third-order valence-corrected chi connectivity index (χ3v) is 1.49. The molecular weight excluding hydrogens is 179 g/mol. The molecule has 0 heterocycles. The molecule has 0 aliphatic carbocycles. The molecule has 1 nitrogen and oxygen atoms in total. The molecule has 76 valence electrons. The van der Waals surface area contributed by atoms with Gasteiger partial charge in [-0.2, -0.15) is 0 Å². The second-order valence-electron chi connectivity index (χ2n) is 2.81. The summed E-state index contributed by atoms with van der Waals surface area (Å²) < 4.78 is 18.1. The van der Waals surface area contributed by atoms with E-state index in [-0.39, 0.29) is 5.82 Å². The van der Waals surface area contributed by atoms with Crippen molar-refractivity contribution in [2.24, 2.45) is 0 Å². The van der Waals surface area contributed by atoms with Crippen molar-refractivity contribution in [2.75, 3.05) is 6.61 Å². The minimum atomic E-state index is -0.235. The summed E-state index contributed by atoms with van der Waals surface area (Å²) in [5.41, 5.74) is 0.890. The Morgan fingerprint density at radius 2 is 1.93 bits per heavy atom. The quantitative estimate of drug-likeness (QED) is 0.671. The third-order valence-electron chi connectivity index (χ3n) is 1.49. The van der Waals surface area contributed by atoms with Crippen molar-refractivity contribution in [3.63, 3.8) is 0 Å². The van der Waals surface area contributed by atoms with Crippen LogP contribution in [-0.4, -0.2) is 6.61 Å². The first-order chi connectivity index (χ1) is 6.72. The smallest absolute Gasteiger partial charge is 0.127 e. The molecule has 2 heteroatoms. The molecule has 1 rings (SSSR count). The Morgan fingerprint density at radius 3 is 2.43 bits per heavy atom. The fourth-order valence-corrected chi connectivity index (χ4v) is 1.01. The molecule has 0 amide bonds. The van der Waals surface area contributed by atoms with Gasteiger partial charge in [-0.15, -0.1) is 12.8 Å². The number of hydrogen-bond donors (Lipinski definition) is 0. The summed E-state index contributed by atoms with van der Waals surface area (Å²) in [5.74, 6) is 0.385. The van der Waals surface area contributed by atoms with Crippen LogP contribution in [0.5, 0.6) is 5.75 Å². The summed E-state index contributed by atoms with van der Waals surface area (Å²) in [5, 5.41) is 0. The lowest BCUT2D eigenvalue weighted by Gasteiger charge is -2.04. The minimum Gasteiger partial charge on any atom is -0.493 e. The van der Waals surface area contributed by atoms with Crippen LogP contribution in [0.25, 0.3) is 0 Å². The first-order valence-corrected chi connectivity index (χ1v) is 4.45. The van der Waals surface area contributed by atoms with Crippen LogP contribution in [-0.2, 0) is 0 Å². The molecule has 0 aliphatic heterocycles. The van der Waals surface area contributed by atoms with E-state index >= 15 is 0 Å². The van der Waals surface area contributed by atoms with Gasteiger partial charge in [0, 0.05) is 6.07 Å². The van der Waals surface area contributed by atoms with Crippen LogP contribution in [0.2, 0.25) is 0 Å². The van der Waals surface area contributed by atoms with E-state index < -0.39 is 0 Å². The molecular formula is C12H15FO. The zero-order valence-corrected chi connectivity index (χ0v) is 8.59. The summed E-state index contributed by atoms with van der Waals surface area (Å²) in [6.07, 6.45) is 8.94. The van der Waals surface area contributed by atoms with E-state index in [4.69, 9.17) is 4.74 Å². The number of ether oxygens (including phenoxy) is 1. The molecule has 0 saturated carbocycles. The molecule has 0 bridgehead atoms. The average molecular weight is 194 g/mol. The van der Waals surface area contributed by atoms with E-state index in [1.807, 2.05) is 19.9 Å². The molecule has 0 saturated heterocycles. The van der Waals surface area contributed by atoms with Crippen molar-refractivity contribution < 1.29 is 9.13 Å². The number of benzene rings is 1. The molecule has 0 aromatic heterocycles. The Balaban J connectivity index is 0.000000791. The van der Waals surface area contributed by atoms with Gasteiger partial charge in [-0.3, -0.25) is 0 Å². The molecule has 1 aromatic rings. The van der Waals surface area contributed by atoms with Crippen LogP contribution in [0.15, 0.2) is 18.2 Å². The maximum atomic E-state index is 12.8. The second-order valence-corrected chi connectivity index (χ2v) is 2.81. The number of terminal acetylenes is 1. The highest BCUT2D eigenvalue weighted by Gasteiger charge is 1.97. The lowest BCUT2D eigenvalue weighted by Crippen LogP contribution is -1.95. The van der Waals surface area contributed by atoms with Crippen molar-refractivity contribution in [3.05, 3.63) is 29.6 Å². The van der Waals surface area contributed by atoms with Gasteiger partial charge in [0.05, 0.1) is 6.61 Å². The first-order valence-electron chi connectivity index (χ1n) is 4.45. The van der Waals surface area contributed by atoms with Gasteiger partial charge in [0.25, 0.3) is 0 Å². The van der Waals surface area contributed by atoms with Gasteiger partial charge < -0.3 is 4.74 Å². The summed E-state index contributed by atoms with van der Waals surface area (Å²) in [7, 11) is 0. The monoisotopic (exact) mass is 194 g/mol. The lowest BCUT2D eigenvalue weighted by atomic mass is 10.2. The summed E-state index contributed by atoms with van der Waals surface area (Å²) >= 11 is 0. The van der Waals surface area contributed by atoms with Crippen LogP contribution in [0.4, 0.5) is 4.39 Å². The van der Waals surface area contributed by atoms with Crippen molar-refractivity contribution in [2.45, 2.75) is 20.3 Å². The van der Waals surface area contributed by atoms with E-state index in [0.29, 0.717) is 12.4 Å². The Hall–Kier alpha value is -1.49. The number of hydrogen-bond acceptors (Lipinski definition) is 1. The summed E-state index contributed by atoms with van der Waals surface area (Å²) in [6.45, 7) is 4.51. The Morgan fingerprint density at radius 1 is 1.29 bits per heavy atom. The van der Waals surface area contributed by atoms with E-state index in [2.05, 4.69) is 12.8 Å². The van der Waals surface area contributed by atoms with Gasteiger partial charge in [-0.05, 0) is 31.0 Å². The van der Waals surface area contributed by atoms with E-state index in [9.17, 15) is 4.39 Å². The Labute approximate surface area is 84.9 Å². The molecule has 0 aliphatic rings. The maximum absolute atomic E-state index is 12.8. The third kappa shape index (κ3) is 4.51. The van der Waals surface area contributed by atoms with Crippen LogP contribution in [0, 0.1) is 25.6 Å². The van der Waals surface area contributed by atoms with E-state index in [1.54, 1.807) is 0 Å². The standard InChI is InChI=1S/C10H13FO.C2H2/c1-3-4-12-10-6-8(2)5-9(11)7-10;1-2/h5-7H,3-4H2,1-2H3;1-2H. The minimum absolute atomic E-state index is 0.235. The van der Waals surface area contributed by atoms with Crippen molar-refractivity contribution in [1.82, 2.24) is 0 Å². The number of halogens is 1. The maximum Gasteiger partial charge on any atom is 0.127 e. The molecule has 0 fully saturated rings. The normalized spacial score (nSPS) is 8.64. The van der Waals surface area contributed by atoms with Gasteiger partial charge in [-0.25, -0.2) is 4.39 Å². The van der Waals surface area contributed by atoms with Crippen LogP contribution in [0.1, 0.15) is 18.9 Å². The Bertz CT molecular complexity index is 271. The molecule has 1 aromatic carbocycles. The SMILES string of the molecule is C#C.CCCOc1cc(C)cc(F)c1. The zero-order valence-electron chi connectivity index (χ0n) is 8.59. The zero-order chi connectivity index (χ0) is 11.0. The largest absolute Gasteiger partial charge is 0.493 e. The second kappa shape index (κ2) is 6.97. The van der Waals surface area contributed by atoms with Crippen LogP contribution in [0.3, 0.4) is 0 Å². The molecule has 0 atom stereocenters. The van der Waals surface area contributed by atoms with Gasteiger partial charge in [0.1, 0.15) is 11.6 Å². The lowest BCUT2D eigenvalue weighted by molar-refractivity contribution is 0.315. The Kier molecular flexibility index (Phi) is 6.22. The van der Waals surface area contributed by atoms with Crippen LogP contribution >= 0.6 is 0 Å². The molecule has 14 heavy (non-hydrogen) atoms. The first kappa shape index (κ1) is 12.5. The number of aryl methyl sites for hydroxylation is 1. The summed E-state index contributed by atoms with van der Waals surface area (Å²) in [4.78, 5) is 0. The van der Waals surface area contributed by atoms with Gasteiger partial charge >= 0.3 is 0 Å². The van der Waals surface area contributed by atoms with Crippen LogP contribution < -0.4 is 4.74 Å². The fraction of sp³-hybridized carbons (Fsp3) is 0.333. The topological polar surface area (TPSA) is 9.23 Å². The van der Waals surface area contributed by atoms with Gasteiger partial charge in [0.15, 0.2) is 0 Å². The highest BCUT2D eigenvalue weighted by molar-refractivity contribution is 5.28. The predicted molar refractivity (Wildman–Crippen MR) is 56.8 cm³/mol. The predicted octanol–water partition coefficient (Wildman–Crippen LogP) is 3.17. The van der Waals surface area contributed by atoms with Crippen molar-refractivity contribution >= 4 is 0 Å². The molecule has 0 radical (unpaired) electrons. The molecule has 0 N–H and O–H groups in total. The fourth-order valence-electron chi connectivity index (χ4n) is 1.01. The van der Waals surface area contributed by atoms with E-state index in [1.165, 1.54) is 12.1 Å². The molecule has 0 unspecified atom stereocenters.